The summed E-state index contributed by atoms with van der Waals surface area (Å²) >= 11 is 0. The molecule has 0 fully saturated rings. The molecule has 1 N–H and O–H groups in total. The molecule has 2 aromatic carbocycles. The number of carbonyl (C=O) groups is 1. The van der Waals surface area contributed by atoms with E-state index in [0.29, 0.717) is 36.8 Å². The van der Waals surface area contributed by atoms with Crippen molar-refractivity contribution in [3.8, 4) is 17.2 Å². The van der Waals surface area contributed by atoms with Crippen molar-refractivity contribution >= 4 is 5.91 Å². The van der Waals surface area contributed by atoms with Crippen LogP contribution in [-0.4, -0.2) is 34.2 Å². The molecule has 0 radical (unpaired) electrons. The Labute approximate surface area is 182 Å². The highest BCUT2D eigenvalue weighted by Crippen LogP contribution is 2.41. The molecule has 0 unspecified atom stereocenters. The van der Waals surface area contributed by atoms with Crippen LogP contribution >= 0.6 is 0 Å². The molecule has 0 spiro atoms. The highest BCUT2D eigenvalue weighted by Gasteiger charge is 2.32. The molecule has 1 aliphatic heterocycles. The van der Waals surface area contributed by atoms with E-state index < -0.39 is 0 Å². The summed E-state index contributed by atoms with van der Waals surface area (Å²) in [6.45, 7) is 5.24. The van der Waals surface area contributed by atoms with Crippen molar-refractivity contribution in [1.29, 1.82) is 0 Å². The lowest BCUT2D eigenvalue weighted by Gasteiger charge is -2.18. The first kappa shape index (κ1) is 20.8. The maximum atomic E-state index is 12.4. The van der Waals surface area contributed by atoms with E-state index in [1.807, 2.05) is 29.9 Å². The Bertz CT molecular complexity index is 1060. The second-order valence-electron chi connectivity index (χ2n) is 8.15. The van der Waals surface area contributed by atoms with Crippen molar-refractivity contribution in [2.45, 2.75) is 32.5 Å². The number of amides is 1. The number of aryl methyl sites for hydroxylation is 1. The molecule has 7 nitrogen and oxygen atoms in total. The van der Waals surface area contributed by atoms with Crippen LogP contribution in [0.3, 0.4) is 0 Å². The van der Waals surface area contributed by atoms with Crippen LogP contribution in [0.5, 0.6) is 17.2 Å². The molecular weight excluding hydrogens is 394 g/mol. The van der Waals surface area contributed by atoms with Crippen LogP contribution in [0.1, 0.15) is 35.6 Å². The van der Waals surface area contributed by atoms with Crippen LogP contribution in [-0.2, 0) is 20.1 Å². The van der Waals surface area contributed by atoms with E-state index in [0.717, 1.165) is 23.6 Å². The van der Waals surface area contributed by atoms with Crippen molar-refractivity contribution in [1.82, 2.24) is 14.9 Å². The largest absolute Gasteiger partial charge is 0.488 e. The van der Waals surface area contributed by atoms with Gasteiger partial charge in [-0.05, 0) is 44.2 Å². The van der Waals surface area contributed by atoms with E-state index in [-0.39, 0.29) is 11.5 Å². The summed E-state index contributed by atoms with van der Waals surface area (Å²) < 4.78 is 19.5. The van der Waals surface area contributed by atoms with Gasteiger partial charge in [-0.25, -0.2) is 4.98 Å². The number of imidazole rings is 1. The van der Waals surface area contributed by atoms with Gasteiger partial charge >= 0.3 is 0 Å². The van der Waals surface area contributed by atoms with Crippen LogP contribution in [0, 0.1) is 0 Å². The predicted molar refractivity (Wildman–Crippen MR) is 117 cm³/mol. The second-order valence-corrected chi connectivity index (χ2v) is 8.15. The molecule has 7 heteroatoms. The number of para-hydroxylation sites is 1. The van der Waals surface area contributed by atoms with Gasteiger partial charge in [0.05, 0.1) is 6.54 Å². The van der Waals surface area contributed by atoms with Crippen molar-refractivity contribution < 1.29 is 19.0 Å². The molecule has 1 aromatic heterocycles. The van der Waals surface area contributed by atoms with E-state index in [1.54, 1.807) is 30.5 Å². The van der Waals surface area contributed by atoms with Gasteiger partial charge in [-0.15, -0.1) is 0 Å². The molecule has 0 saturated carbocycles. The molecule has 1 aliphatic rings. The highest BCUT2D eigenvalue weighted by atomic mass is 16.5. The van der Waals surface area contributed by atoms with Gasteiger partial charge in [0.15, 0.2) is 11.5 Å². The average Bonchev–Trinajstić information content (AvgIpc) is 3.30. The summed E-state index contributed by atoms with van der Waals surface area (Å²) in [7, 11) is 1.92. The predicted octanol–water partition coefficient (Wildman–Crippen LogP) is 3.52. The van der Waals surface area contributed by atoms with Crippen molar-refractivity contribution in [3.63, 3.8) is 0 Å². The molecule has 1 amide bonds. The zero-order valence-corrected chi connectivity index (χ0v) is 18.1. The minimum Gasteiger partial charge on any atom is -0.488 e. The fourth-order valence-corrected chi connectivity index (χ4v) is 3.51. The Balaban J connectivity index is 1.24. The van der Waals surface area contributed by atoms with Crippen LogP contribution in [0.25, 0.3) is 0 Å². The molecule has 0 atom stereocenters. The fraction of sp³-hybridized carbons (Fsp3) is 0.333. The van der Waals surface area contributed by atoms with Gasteiger partial charge < -0.3 is 24.1 Å². The van der Waals surface area contributed by atoms with E-state index in [2.05, 4.69) is 30.2 Å². The van der Waals surface area contributed by atoms with E-state index in [1.165, 1.54) is 0 Å². The standard InChI is InChI=1S/C24H27N3O4/c1-24(2)15-18-5-4-6-20(22(18)31-24)29-14-12-26-23(28)17-7-9-19(10-8-17)30-16-21-25-11-13-27(21)3/h4-11,13H,12,14-16H2,1-3H3,(H,26,28). The minimum absolute atomic E-state index is 0.157. The van der Waals surface area contributed by atoms with Gasteiger partial charge in [-0.3, -0.25) is 4.79 Å². The number of fused-ring (bicyclic) bond motifs is 1. The number of aromatic nitrogens is 2. The van der Waals surface area contributed by atoms with Crippen LogP contribution in [0.15, 0.2) is 54.9 Å². The monoisotopic (exact) mass is 421 g/mol. The van der Waals surface area contributed by atoms with Crippen LogP contribution in [0.4, 0.5) is 0 Å². The Morgan fingerprint density at radius 1 is 1.19 bits per heavy atom. The first-order chi connectivity index (χ1) is 14.9. The second kappa shape index (κ2) is 8.71. The smallest absolute Gasteiger partial charge is 0.251 e. The summed E-state index contributed by atoms with van der Waals surface area (Å²) in [6, 6.07) is 13.0. The molecule has 31 heavy (non-hydrogen) atoms. The number of hydrogen-bond acceptors (Lipinski definition) is 5. The number of benzene rings is 2. The number of nitrogens with one attached hydrogen (secondary N) is 1. The zero-order valence-electron chi connectivity index (χ0n) is 18.1. The third-order valence-corrected chi connectivity index (χ3v) is 5.11. The third-order valence-electron chi connectivity index (χ3n) is 5.11. The summed E-state index contributed by atoms with van der Waals surface area (Å²) in [5.41, 5.74) is 1.50. The normalized spacial score (nSPS) is 13.9. The number of nitrogens with zero attached hydrogens (tertiary/aromatic N) is 2. The lowest BCUT2D eigenvalue weighted by molar-refractivity contribution is 0.0946. The van der Waals surface area contributed by atoms with Crippen LogP contribution in [0.2, 0.25) is 0 Å². The molecule has 2 heterocycles. The van der Waals surface area contributed by atoms with Crippen molar-refractivity contribution in [3.05, 3.63) is 71.8 Å². The van der Waals surface area contributed by atoms with E-state index in [9.17, 15) is 4.79 Å². The lowest BCUT2D eigenvalue weighted by atomic mass is 10.0. The van der Waals surface area contributed by atoms with Crippen LogP contribution < -0.4 is 19.5 Å². The Hall–Kier alpha value is -3.48. The van der Waals surface area contributed by atoms with Gasteiger partial charge in [0.2, 0.25) is 0 Å². The van der Waals surface area contributed by atoms with Crippen molar-refractivity contribution in [2.24, 2.45) is 7.05 Å². The van der Waals surface area contributed by atoms with Gasteiger partial charge in [0, 0.05) is 37.0 Å². The Kier molecular flexibility index (Phi) is 5.84. The molecule has 162 valence electrons. The maximum absolute atomic E-state index is 12.4. The number of carbonyl (C=O) groups excluding carboxylic acids is 1. The van der Waals surface area contributed by atoms with Crippen molar-refractivity contribution in [2.75, 3.05) is 13.2 Å². The summed E-state index contributed by atoms with van der Waals surface area (Å²) in [5, 5.41) is 2.88. The van der Waals surface area contributed by atoms with Gasteiger partial charge in [0.25, 0.3) is 5.91 Å². The number of hydrogen-bond donors (Lipinski definition) is 1. The average molecular weight is 421 g/mol. The first-order valence-corrected chi connectivity index (χ1v) is 10.3. The maximum Gasteiger partial charge on any atom is 0.251 e. The van der Waals surface area contributed by atoms with Gasteiger partial charge in [0.1, 0.15) is 30.4 Å². The molecule has 0 aliphatic carbocycles. The molecule has 4 rings (SSSR count). The molecule has 0 saturated heterocycles. The molecule has 0 bridgehead atoms. The van der Waals surface area contributed by atoms with E-state index >= 15 is 0 Å². The SMILES string of the molecule is Cn1ccnc1COc1ccc(C(=O)NCCOc2cccc3c2OC(C)(C)C3)cc1. The first-order valence-electron chi connectivity index (χ1n) is 10.3. The Morgan fingerprint density at radius 2 is 2.00 bits per heavy atom. The lowest BCUT2D eigenvalue weighted by Crippen LogP contribution is -2.28. The third kappa shape index (κ3) is 4.99. The van der Waals surface area contributed by atoms with Gasteiger partial charge in [-0.2, -0.15) is 0 Å². The highest BCUT2D eigenvalue weighted by molar-refractivity contribution is 5.94. The quantitative estimate of drug-likeness (QED) is 0.564. The number of ether oxygens (including phenoxy) is 3. The molecular formula is C24H27N3O4. The molecule has 3 aromatic rings. The topological polar surface area (TPSA) is 74.6 Å². The zero-order chi connectivity index (χ0) is 21.8. The fourth-order valence-electron chi connectivity index (χ4n) is 3.51. The minimum atomic E-state index is -0.219. The van der Waals surface area contributed by atoms with Gasteiger partial charge in [-0.1, -0.05) is 12.1 Å². The summed E-state index contributed by atoms with van der Waals surface area (Å²) in [4.78, 5) is 16.6. The van der Waals surface area contributed by atoms with E-state index in [4.69, 9.17) is 14.2 Å². The number of rotatable bonds is 8. The summed E-state index contributed by atoms with van der Waals surface area (Å²) in [6.07, 6.45) is 4.46. The Morgan fingerprint density at radius 3 is 2.74 bits per heavy atom. The summed E-state index contributed by atoms with van der Waals surface area (Å²) in [5.74, 6) is 2.88.